The predicted octanol–water partition coefficient (Wildman–Crippen LogP) is 3.02. The Hall–Kier alpha value is -1.09. The van der Waals surface area contributed by atoms with Crippen LogP contribution < -0.4 is 0 Å². The molecule has 0 fully saturated rings. The van der Waals surface area contributed by atoms with Crippen LogP contribution in [0.2, 0.25) is 0 Å². The summed E-state index contributed by atoms with van der Waals surface area (Å²) in [6.45, 7) is 3.59. The van der Waals surface area contributed by atoms with Crippen molar-refractivity contribution in [3.8, 4) is 0 Å². The molecule has 1 aromatic heterocycles. The lowest BCUT2D eigenvalue weighted by Gasteiger charge is -1.98. The maximum atomic E-state index is 10.6. The molecule has 3 heteroatoms. The summed E-state index contributed by atoms with van der Waals surface area (Å²) in [6, 6.07) is 4.08. The molecule has 0 N–H and O–H groups in total. The number of carbonyl (C=O) groups excluding carboxylic acids is 1. The van der Waals surface area contributed by atoms with E-state index < -0.39 is 0 Å². The average Bonchev–Trinajstić information content (AvgIpc) is 2.20. The van der Waals surface area contributed by atoms with Crippen LogP contribution >= 0.6 is 11.8 Å². The molecule has 0 unspecified atom stereocenters. The third-order valence-electron chi connectivity index (χ3n) is 1.77. The summed E-state index contributed by atoms with van der Waals surface area (Å²) >= 11 is 1.71. The lowest BCUT2D eigenvalue weighted by atomic mass is 10.3. The molecule has 1 aromatic rings. The van der Waals surface area contributed by atoms with Crippen LogP contribution in [0.1, 0.15) is 18.9 Å². The van der Waals surface area contributed by atoms with Gasteiger partial charge in [-0.15, -0.1) is 11.8 Å². The summed E-state index contributed by atoms with van der Waals surface area (Å²) in [5, 5.41) is 1.04. The van der Waals surface area contributed by atoms with Gasteiger partial charge in [0.2, 0.25) is 0 Å². The molecule has 0 atom stereocenters. The molecule has 1 heterocycles. The number of hydrogen-bond acceptors (Lipinski definition) is 3. The van der Waals surface area contributed by atoms with E-state index in [0.29, 0.717) is 0 Å². The van der Waals surface area contributed by atoms with E-state index in [1.165, 1.54) is 5.56 Å². The van der Waals surface area contributed by atoms with Crippen molar-refractivity contribution in [3.63, 3.8) is 0 Å². The van der Waals surface area contributed by atoms with Gasteiger partial charge in [0.1, 0.15) is 0 Å². The molecule has 0 bridgehead atoms. The van der Waals surface area contributed by atoms with Gasteiger partial charge in [0.25, 0.3) is 0 Å². The van der Waals surface area contributed by atoms with Crippen LogP contribution in [0.3, 0.4) is 0 Å². The average molecular weight is 221 g/mol. The Morgan fingerprint density at radius 2 is 2.33 bits per heavy atom. The standard InChI is InChI=1S/C12H15NOS/c1-10-6-7-12(13-9-10)15-8-4-3-5-11(2)14/h3,5-7,9H,4,8H2,1-2H3/b5-3+. The van der Waals surface area contributed by atoms with Crippen molar-refractivity contribution in [1.82, 2.24) is 4.98 Å². The number of aryl methyl sites for hydroxylation is 1. The highest BCUT2D eigenvalue weighted by Crippen LogP contribution is 2.15. The molecule has 15 heavy (non-hydrogen) atoms. The SMILES string of the molecule is CC(=O)/C=C/CCSc1ccc(C)cn1. The first-order valence-corrected chi connectivity index (χ1v) is 5.89. The maximum absolute atomic E-state index is 10.6. The van der Waals surface area contributed by atoms with Gasteiger partial charge >= 0.3 is 0 Å². The highest BCUT2D eigenvalue weighted by atomic mass is 32.2. The normalized spacial score (nSPS) is 10.8. The minimum atomic E-state index is 0.105. The molecule has 0 amide bonds. The number of hydrogen-bond donors (Lipinski definition) is 0. The van der Waals surface area contributed by atoms with Crippen LogP contribution in [0.15, 0.2) is 35.5 Å². The molecule has 0 aliphatic heterocycles. The van der Waals surface area contributed by atoms with E-state index >= 15 is 0 Å². The summed E-state index contributed by atoms with van der Waals surface area (Å²) in [6.07, 6.45) is 6.29. The number of thioether (sulfide) groups is 1. The fraction of sp³-hybridized carbons (Fsp3) is 0.333. The number of nitrogens with zero attached hydrogens (tertiary/aromatic N) is 1. The van der Waals surface area contributed by atoms with E-state index in [-0.39, 0.29) is 5.78 Å². The molecule has 0 spiro atoms. The van der Waals surface area contributed by atoms with Crippen molar-refractivity contribution in [2.75, 3.05) is 5.75 Å². The maximum Gasteiger partial charge on any atom is 0.152 e. The minimum Gasteiger partial charge on any atom is -0.295 e. The Morgan fingerprint density at radius 1 is 1.53 bits per heavy atom. The van der Waals surface area contributed by atoms with E-state index in [9.17, 15) is 4.79 Å². The number of pyridine rings is 1. The van der Waals surface area contributed by atoms with Crippen LogP contribution in [0.4, 0.5) is 0 Å². The minimum absolute atomic E-state index is 0.105. The van der Waals surface area contributed by atoms with Crippen molar-refractivity contribution >= 4 is 17.5 Å². The number of carbonyl (C=O) groups is 1. The second kappa shape index (κ2) is 6.40. The lowest BCUT2D eigenvalue weighted by Crippen LogP contribution is -1.84. The molecule has 80 valence electrons. The third kappa shape index (κ3) is 5.37. The quantitative estimate of drug-likeness (QED) is 0.435. The van der Waals surface area contributed by atoms with Gasteiger partial charge in [-0.3, -0.25) is 4.79 Å². The van der Waals surface area contributed by atoms with Crippen molar-refractivity contribution in [2.24, 2.45) is 0 Å². The summed E-state index contributed by atoms with van der Waals surface area (Å²) in [5.74, 6) is 1.06. The van der Waals surface area contributed by atoms with Gasteiger partial charge in [-0.2, -0.15) is 0 Å². The van der Waals surface area contributed by atoms with Crippen LogP contribution in [0, 0.1) is 6.92 Å². The fourth-order valence-electron chi connectivity index (χ4n) is 1.02. The molecule has 0 aliphatic carbocycles. The van der Waals surface area contributed by atoms with Crippen molar-refractivity contribution in [3.05, 3.63) is 36.0 Å². The lowest BCUT2D eigenvalue weighted by molar-refractivity contribution is -0.112. The summed E-state index contributed by atoms with van der Waals surface area (Å²) < 4.78 is 0. The number of allylic oxidation sites excluding steroid dienone is 2. The molecular formula is C12H15NOS. The molecule has 0 aromatic carbocycles. The highest BCUT2D eigenvalue weighted by Gasteiger charge is 1.93. The number of rotatable bonds is 5. The molecule has 0 saturated heterocycles. The van der Waals surface area contributed by atoms with E-state index in [4.69, 9.17) is 0 Å². The van der Waals surface area contributed by atoms with Gasteiger partial charge < -0.3 is 0 Å². The molecule has 2 nitrogen and oxygen atoms in total. The zero-order chi connectivity index (χ0) is 11.1. The second-order valence-electron chi connectivity index (χ2n) is 3.32. The van der Waals surface area contributed by atoms with Gasteiger partial charge in [0, 0.05) is 11.9 Å². The van der Waals surface area contributed by atoms with Gasteiger partial charge in [0.05, 0.1) is 5.03 Å². The van der Waals surface area contributed by atoms with Crippen molar-refractivity contribution < 1.29 is 4.79 Å². The Kier molecular flexibility index (Phi) is 5.12. The summed E-state index contributed by atoms with van der Waals surface area (Å²) in [5.41, 5.74) is 1.18. The summed E-state index contributed by atoms with van der Waals surface area (Å²) in [4.78, 5) is 14.9. The smallest absolute Gasteiger partial charge is 0.152 e. The van der Waals surface area contributed by atoms with Crippen LogP contribution in [0.5, 0.6) is 0 Å². The first kappa shape index (κ1) is 12.0. The zero-order valence-corrected chi connectivity index (χ0v) is 9.88. The van der Waals surface area contributed by atoms with Crippen LogP contribution in [0.25, 0.3) is 0 Å². The van der Waals surface area contributed by atoms with Gasteiger partial charge in [-0.25, -0.2) is 4.98 Å². The fourth-order valence-corrected chi connectivity index (χ4v) is 1.78. The molecule has 0 radical (unpaired) electrons. The Labute approximate surface area is 94.8 Å². The molecule has 0 aliphatic rings. The topological polar surface area (TPSA) is 30.0 Å². The second-order valence-corrected chi connectivity index (χ2v) is 4.44. The first-order chi connectivity index (χ1) is 7.18. The van der Waals surface area contributed by atoms with E-state index in [1.54, 1.807) is 24.8 Å². The van der Waals surface area contributed by atoms with Gasteiger partial charge in [-0.1, -0.05) is 12.1 Å². The zero-order valence-electron chi connectivity index (χ0n) is 9.06. The molecule has 1 rings (SSSR count). The molecular weight excluding hydrogens is 206 g/mol. The van der Waals surface area contributed by atoms with Crippen molar-refractivity contribution in [1.29, 1.82) is 0 Å². The third-order valence-corrected chi connectivity index (χ3v) is 2.75. The Bertz CT molecular complexity index is 343. The van der Waals surface area contributed by atoms with E-state index in [2.05, 4.69) is 11.1 Å². The predicted molar refractivity (Wildman–Crippen MR) is 64.1 cm³/mol. The van der Waals surface area contributed by atoms with Crippen LogP contribution in [-0.4, -0.2) is 16.5 Å². The van der Waals surface area contributed by atoms with Gasteiger partial charge in [0.15, 0.2) is 5.78 Å². The van der Waals surface area contributed by atoms with E-state index in [0.717, 1.165) is 17.2 Å². The Morgan fingerprint density at radius 3 is 2.93 bits per heavy atom. The number of ketones is 1. The van der Waals surface area contributed by atoms with Crippen molar-refractivity contribution in [2.45, 2.75) is 25.3 Å². The first-order valence-electron chi connectivity index (χ1n) is 4.91. The monoisotopic (exact) mass is 221 g/mol. The number of aromatic nitrogens is 1. The molecule has 0 saturated carbocycles. The largest absolute Gasteiger partial charge is 0.295 e. The van der Waals surface area contributed by atoms with Crippen LogP contribution in [-0.2, 0) is 4.79 Å². The van der Waals surface area contributed by atoms with E-state index in [1.807, 2.05) is 25.3 Å². The Balaban J connectivity index is 2.26. The van der Waals surface area contributed by atoms with Gasteiger partial charge in [-0.05, 0) is 38.0 Å². The highest BCUT2D eigenvalue weighted by molar-refractivity contribution is 7.99. The summed E-state index contributed by atoms with van der Waals surface area (Å²) in [7, 11) is 0.